The number of nitrogens with zero attached hydrogens (tertiary/aromatic N) is 1. The van der Waals surface area contributed by atoms with Gasteiger partial charge in [-0.2, -0.15) is 0 Å². The van der Waals surface area contributed by atoms with Gasteiger partial charge in [-0.05, 0) is 25.5 Å². The summed E-state index contributed by atoms with van der Waals surface area (Å²) in [6.45, 7) is 6.25. The van der Waals surface area contributed by atoms with E-state index < -0.39 is 11.7 Å². The zero-order chi connectivity index (χ0) is 19.1. The molecule has 27 heavy (non-hydrogen) atoms. The average Bonchev–Trinajstić information content (AvgIpc) is 2.87. The summed E-state index contributed by atoms with van der Waals surface area (Å²) in [7, 11) is 2.02. The van der Waals surface area contributed by atoms with Crippen LogP contribution >= 0.6 is 0 Å². The maximum Gasteiger partial charge on any atom is 0.303 e. The molecule has 0 aromatic heterocycles. The number of nitrogens with one attached hydrogen (secondary N) is 1. The highest BCUT2D eigenvalue weighted by Crippen LogP contribution is 2.40. The molecule has 0 bridgehead atoms. The number of ketones is 1. The van der Waals surface area contributed by atoms with Gasteiger partial charge in [0.2, 0.25) is 0 Å². The van der Waals surface area contributed by atoms with E-state index in [-0.39, 0.29) is 0 Å². The fraction of sp³-hybridized carbons (Fsp3) is 0.333. The zero-order valence-corrected chi connectivity index (χ0v) is 15.8. The molecule has 140 valence electrons. The molecule has 0 saturated carbocycles. The molecule has 0 spiro atoms. The third kappa shape index (κ3) is 3.17. The Hall–Kier alpha value is -2.86. The van der Waals surface area contributed by atoms with Crippen LogP contribution in [0.5, 0.6) is 11.5 Å². The number of hydrogen-bond acceptors (Lipinski definition) is 4. The first kappa shape index (κ1) is 17.5. The molecule has 2 aromatic carbocycles. The Morgan fingerprint density at radius 3 is 2.44 bits per heavy atom. The molecule has 0 aliphatic carbocycles. The number of ether oxygens (including phenoxy) is 2. The lowest BCUT2D eigenvalue weighted by Crippen LogP contribution is -3.09. The molecule has 1 N–H and O–H groups in total. The summed E-state index contributed by atoms with van der Waals surface area (Å²) in [5.41, 5.74) is 4.70. The van der Waals surface area contributed by atoms with Crippen molar-refractivity contribution >= 4 is 17.4 Å². The molecule has 1 amide bonds. The Morgan fingerprint density at radius 1 is 1.04 bits per heavy atom. The van der Waals surface area contributed by atoms with Crippen LogP contribution in [0.3, 0.4) is 0 Å². The van der Waals surface area contributed by atoms with E-state index in [9.17, 15) is 9.59 Å². The number of hydrogen-bond donors (Lipinski definition) is 1. The summed E-state index contributed by atoms with van der Waals surface area (Å²) in [5.74, 6) is 0.132. The lowest BCUT2D eigenvalue weighted by molar-refractivity contribution is -0.892. The van der Waals surface area contributed by atoms with Crippen molar-refractivity contribution in [1.82, 2.24) is 0 Å². The lowest BCUT2D eigenvalue weighted by atomic mass is 10.1. The molecule has 1 atom stereocenters. The van der Waals surface area contributed by atoms with Gasteiger partial charge in [-0.15, -0.1) is 0 Å². The number of aryl methyl sites for hydroxylation is 2. The number of rotatable bonds is 4. The van der Waals surface area contributed by atoms with Gasteiger partial charge >= 0.3 is 5.91 Å². The monoisotopic (exact) mass is 367 g/mol. The molecule has 0 radical (unpaired) electrons. The number of quaternary nitrogens is 1. The minimum atomic E-state index is -0.493. The molecule has 2 aromatic rings. The third-order valence-electron chi connectivity index (χ3n) is 5.05. The van der Waals surface area contributed by atoms with Crippen LogP contribution in [0.1, 0.15) is 27.0 Å². The summed E-state index contributed by atoms with van der Waals surface area (Å²) in [5, 5.41) is 0. The van der Waals surface area contributed by atoms with Crippen LogP contribution in [0.2, 0.25) is 0 Å². The second kappa shape index (κ2) is 6.70. The Labute approximate surface area is 158 Å². The molecule has 2 heterocycles. The minimum absolute atomic E-state index is 0.392. The molecule has 4 rings (SSSR count). The van der Waals surface area contributed by atoms with Crippen LogP contribution < -0.4 is 19.3 Å². The Bertz CT molecular complexity index is 938. The first-order chi connectivity index (χ1) is 12.9. The van der Waals surface area contributed by atoms with Crippen LogP contribution in [-0.2, 0) is 11.3 Å². The number of amides is 1. The standard InChI is InChI=1S/C21H22N2O4/c1-13-4-5-15(14(2)8-13)11-22(3)12-23-17-10-19-18(26-6-7-27-19)9-16(17)20(24)21(23)25/h4-5,8-10H,6-7,11-12H2,1-3H3/p+1. The molecule has 6 heteroatoms. The average molecular weight is 367 g/mol. The highest BCUT2D eigenvalue weighted by Gasteiger charge is 2.39. The van der Waals surface area contributed by atoms with Crippen LogP contribution in [-0.4, -0.2) is 38.6 Å². The molecule has 2 aliphatic rings. The van der Waals surface area contributed by atoms with E-state index in [0.29, 0.717) is 42.6 Å². The highest BCUT2D eigenvalue weighted by atomic mass is 16.6. The van der Waals surface area contributed by atoms with Crippen molar-refractivity contribution in [3.05, 3.63) is 52.6 Å². The minimum Gasteiger partial charge on any atom is -0.486 e. The number of benzene rings is 2. The van der Waals surface area contributed by atoms with Crippen molar-refractivity contribution in [2.45, 2.75) is 20.4 Å². The Kier molecular flexibility index (Phi) is 4.36. The molecule has 2 aliphatic heterocycles. The smallest absolute Gasteiger partial charge is 0.303 e. The number of carbonyl (C=O) groups excluding carboxylic acids is 2. The van der Waals surface area contributed by atoms with Gasteiger partial charge in [-0.25, -0.2) is 0 Å². The van der Waals surface area contributed by atoms with E-state index in [4.69, 9.17) is 9.47 Å². The summed E-state index contributed by atoms with van der Waals surface area (Å²) in [6, 6.07) is 9.76. The maximum atomic E-state index is 12.6. The largest absolute Gasteiger partial charge is 0.486 e. The van der Waals surface area contributed by atoms with E-state index in [1.54, 1.807) is 17.0 Å². The van der Waals surface area contributed by atoms with Crippen molar-refractivity contribution in [2.75, 3.05) is 31.8 Å². The van der Waals surface area contributed by atoms with Gasteiger partial charge < -0.3 is 14.4 Å². The Balaban J connectivity index is 1.57. The van der Waals surface area contributed by atoms with Crippen molar-refractivity contribution in [3.8, 4) is 11.5 Å². The topological polar surface area (TPSA) is 60.3 Å². The van der Waals surface area contributed by atoms with Crippen molar-refractivity contribution in [3.63, 3.8) is 0 Å². The summed E-state index contributed by atoms with van der Waals surface area (Å²) < 4.78 is 11.2. The molecular weight excluding hydrogens is 344 g/mol. The van der Waals surface area contributed by atoms with Gasteiger partial charge in [0.15, 0.2) is 18.2 Å². The predicted octanol–water partition coefficient (Wildman–Crippen LogP) is 1.28. The highest BCUT2D eigenvalue weighted by molar-refractivity contribution is 6.52. The van der Waals surface area contributed by atoms with Gasteiger partial charge in [-0.1, -0.05) is 23.8 Å². The predicted molar refractivity (Wildman–Crippen MR) is 101 cm³/mol. The van der Waals surface area contributed by atoms with E-state index in [0.717, 1.165) is 11.4 Å². The van der Waals surface area contributed by atoms with Crippen molar-refractivity contribution in [2.24, 2.45) is 0 Å². The maximum absolute atomic E-state index is 12.6. The Morgan fingerprint density at radius 2 is 1.74 bits per heavy atom. The summed E-state index contributed by atoms with van der Waals surface area (Å²) >= 11 is 0. The van der Waals surface area contributed by atoms with E-state index in [1.807, 2.05) is 7.05 Å². The quantitative estimate of drug-likeness (QED) is 0.827. The molecular formula is C21H23N2O4+. The van der Waals surface area contributed by atoms with Gasteiger partial charge in [-0.3, -0.25) is 14.5 Å². The van der Waals surface area contributed by atoms with Crippen LogP contribution in [0.15, 0.2) is 30.3 Å². The fourth-order valence-corrected chi connectivity index (χ4v) is 3.68. The van der Waals surface area contributed by atoms with Crippen molar-refractivity contribution < 1.29 is 24.0 Å². The van der Waals surface area contributed by atoms with Gasteiger partial charge in [0.25, 0.3) is 5.78 Å². The molecule has 6 nitrogen and oxygen atoms in total. The van der Waals surface area contributed by atoms with Crippen molar-refractivity contribution in [1.29, 1.82) is 0 Å². The van der Waals surface area contributed by atoms with Gasteiger partial charge in [0.05, 0.1) is 18.3 Å². The molecule has 0 saturated heterocycles. The van der Waals surface area contributed by atoms with E-state index >= 15 is 0 Å². The van der Waals surface area contributed by atoms with E-state index in [1.165, 1.54) is 16.7 Å². The number of anilines is 1. The number of carbonyl (C=O) groups is 2. The lowest BCUT2D eigenvalue weighted by Gasteiger charge is -2.24. The van der Waals surface area contributed by atoms with Gasteiger partial charge in [0.1, 0.15) is 19.8 Å². The van der Waals surface area contributed by atoms with Gasteiger partial charge in [0, 0.05) is 11.6 Å². The fourth-order valence-electron chi connectivity index (χ4n) is 3.68. The summed E-state index contributed by atoms with van der Waals surface area (Å²) in [4.78, 5) is 27.7. The first-order valence-electron chi connectivity index (χ1n) is 9.11. The molecule has 1 unspecified atom stereocenters. The summed E-state index contributed by atoms with van der Waals surface area (Å²) in [6.07, 6.45) is 0. The second-order valence-electron chi connectivity index (χ2n) is 7.30. The molecule has 0 fully saturated rings. The van der Waals surface area contributed by atoms with Crippen LogP contribution in [0.25, 0.3) is 0 Å². The second-order valence-corrected chi connectivity index (χ2v) is 7.30. The number of fused-ring (bicyclic) bond motifs is 2. The normalized spacial score (nSPS) is 16.5. The van der Waals surface area contributed by atoms with E-state index in [2.05, 4.69) is 32.0 Å². The first-order valence-corrected chi connectivity index (χ1v) is 9.11. The number of Topliss-reactive ketones (excluding diaryl/α,β-unsaturated/α-hetero) is 1. The SMILES string of the molecule is Cc1ccc(C[NH+](C)CN2C(=O)C(=O)c3cc4c(cc32)OCCO4)c(C)c1. The zero-order valence-electron chi connectivity index (χ0n) is 15.8. The van der Waals surface area contributed by atoms with Crippen LogP contribution in [0, 0.1) is 13.8 Å². The third-order valence-corrected chi connectivity index (χ3v) is 5.05. The van der Waals surface area contributed by atoms with Crippen LogP contribution in [0.4, 0.5) is 5.69 Å².